The monoisotopic (exact) mass is 526 g/mol. The van der Waals surface area contributed by atoms with Crippen LogP contribution in [0.3, 0.4) is 0 Å². The predicted octanol–water partition coefficient (Wildman–Crippen LogP) is 5.70. The number of hydrogen-bond acceptors (Lipinski definition) is 4. The van der Waals surface area contributed by atoms with Crippen molar-refractivity contribution in [2.24, 2.45) is 0 Å². The van der Waals surface area contributed by atoms with Crippen LogP contribution in [0.2, 0.25) is 10.0 Å². The molecule has 0 aliphatic heterocycles. The lowest BCUT2D eigenvalue weighted by Crippen LogP contribution is -2.42. The van der Waals surface area contributed by atoms with Gasteiger partial charge in [-0.3, -0.25) is 9.78 Å². The lowest BCUT2D eigenvalue weighted by atomic mass is 9.95. The summed E-state index contributed by atoms with van der Waals surface area (Å²) in [5.74, 6) is -1.08. The topological polar surface area (TPSA) is 88.5 Å². The average Bonchev–Trinajstić information content (AvgIpc) is 2.87. The highest BCUT2D eigenvalue weighted by atomic mass is 35.5. The van der Waals surface area contributed by atoms with Crippen molar-refractivity contribution < 1.29 is 19.4 Å². The van der Waals surface area contributed by atoms with E-state index >= 15 is 0 Å². The van der Waals surface area contributed by atoms with Gasteiger partial charge in [0.25, 0.3) is 5.91 Å². The molecule has 36 heavy (non-hydrogen) atoms. The molecule has 6 nitrogen and oxygen atoms in total. The van der Waals surface area contributed by atoms with E-state index in [-0.39, 0.29) is 22.0 Å². The zero-order valence-corrected chi connectivity index (χ0v) is 21.3. The van der Waals surface area contributed by atoms with Gasteiger partial charge < -0.3 is 15.2 Å². The Labute approximate surface area is 220 Å². The zero-order valence-electron chi connectivity index (χ0n) is 19.8. The lowest BCUT2D eigenvalue weighted by molar-refractivity contribution is -0.139. The summed E-state index contributed by atoms with van der Waals surface area (Å²) in [4.78, 5) is 29.2. The number of carbonyl (C=O) groups excluding carboxylic acids is 1. The molecule has 3 aromatic rings. The summed E-state index contributed by atoms with van der Waals surface area (Å²) >= 11 is 12.1. The minimum Gasteiger partial charge on any atom is -0.494 e. The summed E-state index contributed by atoms with van der Waals surface area (Å²) in [5, 5.41) is 12.4. The van der Waals surface area contributed by atoms with Crippen LogP contribution in [-0.4, -0.2) is 34.6 Å². The number of hydrogen-bond donors (Lipinski definition) is 2. The normalized spacial score (nSPS) is 13.5. The molecule has 0 saturated heterocycles. The van der Waals surface area contributed by atoms with Gasteiger partial charge in [0, 0.05) is 17.8 Å². The Morgan fingerprint density at radius 3 is 2.44 bits per heavy atom. The number of aryl methyl sites for hydroxylation is 3. The second-order valence-corrected chi connectivity index (χ2v) is 9.69. The van der Waals surface area contributed by atoms with Crippen molar-refractivity contribution in [3.63, 3.8) is 0 Å². The molecule has 8 heteroatoms. The summed E-state index contributed by atoms with van der Waals surface area (Å²) in [5.41, 5.74) is 4.55. The van der Waals surface area contributed by atoms with E-state index in [1.54, 1.807) is 30.3 Å². The van der Waals surface area contributed by atoms with Crippen LogP contribution in [0.1, 0.15) is 52.1 Å². The molecule has 0 fully saturated rings. The summed E-state index contributed by atoms with van der Waals surface area (Å²) in [6.45, 7) is 0.560. The number of nitrogens with one attached hydrogen (secondary N) is 1. The molecular weight excluding hydrogens is 499 g/mol. The molecule has 1 aliphatic carbocycles. The van der Waals surface area contributed by atoms with Gasteiger partial charge in [0.15, 0.2) is 0 Å². The molecule has 0 saturated carbocycles. The summed E-state index contributed by atoms with van der Waals surface area (Å²) in [6, 6.07) is 15.1. The molecule has 0 spiro atoms. The third-order valence-corrected chi connectivity index (χ3v) is 6.87. The van der Waals surface area contributed by atoms with Gasteiger partial charge in [0.2, 0.25) is 0 Å². The van der Waals surface area contributed by atoms with Crippen molar-refractivity contribution >= 4 is 35.1 Å². The van der Waals surface area contributed by atoms with Gasteiger partial charge >= 0.3 is 5.97 Å². The number of carboxylic acid groups (broad SMARTS) is 1. The Morgan fingerprint density at radius 2 is 1.72 bits per heavy atom. The fourth-order valence-electron chi connectivity index (χ4n) is 4.31. The molecule has 1 aromatic heterocycles. The van der Waals surface area contributed by atoms with Crippen LogP contribution in [0.5, 0.6) is 5.75 Å². The molecule has 4 rings (SSSR count). The highest BCUT2D eigenvalue weighted by Crippen LogP contribution is 2.24. The first-order valence-corrected chi connectivity index (χ1v) is 12.8. The molecule has 0 bridgehead atoms. The maximum absolute atomic E-state index is 12.6. The van der Waals surface area contributed by atoms with E-state index < -0.39 is 17.9 Å². The molecule has 2 N–H and O–H groups in total. The number of halogens is 2. The Kier molecular flexibility index (Phi) is 8.83. The predicted molar refractivity (Wildman–Crippen MR) is 140 cm³/mol. The number of carbonyl (C=O) groups is 2. The molecule has 1 amide bonds. The van der Waals surface area contributed by atoms with E-state index in [1.165, 1.54) is 36.2 Å². The number of ether oxygens (including phenoxy) is 1. The van der Waals surface area contributed by atoms with Crippen molar-refractivity contribution in [2.75, 3.05) is 6.61 Å². The number of aromatic nitrogens is 1. The van der Waals surface area contributed by atoms with E-state index in [9.17, 15) is 14.7 Å². The Morgan fingerprint density at radius 1 is 1.00 bits per heavy atom. The molecule has 188 valence electrons. The quantitative estimate of drug-likeness (QED) is 0.330. The van der Waals surface area contributed by atoms with Crippen molar-refractivity contribution in [3.8, 4) is 5.75 Å². The maximum Gasteiger partial charge on any atom is 0.326 e. The Bertz CT molecular complexity index is 1210. The summed E-state index contributed by atoms with van der Waals surface area (Å²) in [7, 11) is 0. The Hall–Kier alpha value is -3.09. The molecule has 1 atom stereocenters. The van der Waals surface area contributed by atoms with Gasteiger partial charge in [-0.25, -0.2) is 4.79 Å². The number of rotatable bonds is 10. The molecule has 0 radical (unpaired) electrons. The zero-order chi connectivity index (χ0) is 25.5. The van der Waals surface area contributed by atoms with E-state index in [4.69, 9.17) is 32.9 Å². The minimum absolute atomic E-state index is 0.0569. The van der Waals surface area contributed by atoms with Gasteiger partial charge in [0.1, 0.15) is 11.8 Å². The third kappa shape index (κ3) is 6.77. The second-order valence-electron chi connectivity index (χ2n) is 8.88. The first-order chi connectivity index (χ1) is 17.4. The molecular formula is C28H28Cl2N2O4. The highest BCUT2D eigenvalue weighted by molar-refractivity contribution is 6.39. The summed E-state index contributed by atoms with van der Waals surface area (Å²) in [6.07, 6.45) is 6.50. The van der Waals surface area contributed by atoms with Crippen LogP contribution in [0.4, 0.5) is 0 Å². The van der Waals surface area contributed by atoms with Crippen LogP contribution < -0.4 is 10.1 Å². The van der Waals surface area contributed by atoms with Crippen molar-refractivity contribution in [3.05, 3.63) is 92.7 Å². The van der Waals surface area contributed by atoms with Gasteiger partial charge in [-0.2, -0.15) is 0 Å². The van der Waals surface area contributed by atoms with E-state index in [0.29, 0.717) is 12.4 Å². The smallest absolute Gasteiger partial charge is 0.326 e. The number of nitrogens with zero attached hydrogens (tertiary/aromatic N) is 1. The maximum atomic E-state index is 12.6. The average molecular weight is 527 g/mol. The number of carboxylic acids is 1. The molecule has 2 aromatic carbocycles. The highest BCUT2D eigenvalue weighted by Gasteiger charge is 2.23. The van der Waals surface area contributed by atoms with E-state index in [0.717, 1.165) is 36.9 Å². The van der Waals surface area contributed by atoms with Gasteiger partial charge in [-0.15, -0.1) is 0 Å². The first kappa shape index (κ1) is 26.0. The number of pyridine rings is 1. The van der Waals surface area contributed by atoms with Gasteiger partial charge in [-0.05, 0) is 80.0 Å². The fraction of sp³-hybridized carbons (Fsp3) is 0.321. The molecule has 1 heterocycles. The second kappa shape index (κ2) is 12.2. The molecule has 1 unspecified atom stereocenters. The largest absolute Gasteiger partial charge is 0.494 e. The molecule has 1 aliphatic rings. The number of aliphatic carboxylic acids is 1. The standard InChI is InChI=1S/C28H28Cl2N2O4/c29-22-7-3-8-23(30)26(22)27(33)32-25(28(34)35)17-18-10-14-21(15-11-18)36-16-4-6-20-13-12-19-5-1-2-9-24(19)31-20/h3,7-8,10-15,25H,1-2,4-6,9,16-17H2,(H,32,33)(H,34,35). The third-order valence-electron chi connectivity index (χ3n) is 6.24. The van der Waals surface area contributed by atoms with E-state index in [1.807, 2.05) is 0 Å². The number of amides is 1. The van der Waals surface area contributed by atoms with Crippen molar-refractivity contribution in [2.45, 2.75) is 51.0 Å². The van der Waals surface area contributed by atoms with Crippen LogP contribution in [0.25, 0.3) is 0 Å². The SMILES string of the molecule is O=C(NC(Cc1ccc(OCCCc2ccc3c(n2)CCCC3)cc1)C(=O)O)c1c(Cl)cccc1Cl. The fourth-order valence-corrected chi connectivity index (χ4v) is 4.88. The van der Waals surface area contributed by atoms with Crippen molar-refractivity contribution in [1.82, 2.24) is 10.3 Å². The van der Waals surface area contributed by atoms with Crippen LogP contribution >= 0.6 is 23.2 Å². The van der Waals surface area contributed by atoms with Gasteiger partial charge in [0.05, 0.1) is 22.2 Å². The van der Waals surface area contributed by atoms with E-state index in [2.05, 4.69) is 17.4 Å². The minimum atomic E-state index is -1.15. The first-order valence-electron chi connectivity index (χ1n) is 12.1. The Balaban J connectivity index is 1.27. The van der Waals surface area contributed by atoms with Crippen LogP contribution in [-0.2, 0) is 30.5 Å². The number of fused-ring (bicyclic) bond motifs is 1. The van der Waals surface area contributed by atoms with Gasteiger partial charge in [-0.1, -0.05) is 47.5 Å². The van der Waals surface area contributed by atoms with Crippen molar-refractivity contribution in [1.29, 1.82) is 0 Å². The number of benzene rings is 2. The summed E-state index contributed by atoms with van der Waals surface area (Å²) < 4.78 is 5.85. The lowest BCUT2D eigenvalue weighted by Gasteiger charge is -2.16. The van der Waals surface area contributed by atoms with Crippen LogP contribution in [0.15, 0.2) is 54.6 Å². The van der Waals surface area contributed by atoms with Crippen LogP contribution in [0, 0.1) is 0 Å².